The third kappa shape index (κ3) is 6.57. The smallest absolute Gasteiger partial charge is 0.247 e. The molecule has 0 spiro atoms. The number of piperazine rings is 1. The fraction of sp³-hybridized carbons (Fsp3) is 0.619. The van der Waals surface area contributed by atoms with Crippen LogP contribution >= 0.6 is 24.8 Å². The zero-order valence-electron chi connectivity index (χ0n) is 17.2. The molecule has 8 heteroatoms. The summed E-state index contributed by atoms with van der Waals surface area (Å²) < 4.78 is 0. The number of amides is 2. The highest BCUT2D eigenvalue weighted by Gasteiger charge is 2.36. The van der Waals surface area contributed by atoms with Crippen molar-refractivity contribution in [1.29, 1.82) is 0 Å². The number of nitrogens with zero attached hydrogens (tertiary/aromatic N) is 3. The van der Waals surface area contributed by atoms with E-state index < -0.39 is 5.54 Å². The first kappa shape index (κ1) is 25.7. The summed E-state index contributed by atoms with van der Waals surface area (Å²) in [6, 6.07) is 9.52. The fourth-order valence-corrected chi connectivity index (χ4v) is 3.96. The van der Waals surface area contributed by atoms with Gasteiger partial charge in [0.2, 0.25) is 11.8 Å². The van der Waals surface area contributed by atoms with Crippen LogP contribution in [0, 0.1) is 0 Å². The van der Waals surface area contributed by atoms with Gasteiger partial charge in [-0.15, -0.1) is 24.8 Å². The van der Waals surface area contributed by atoms with E-state index in [2.05, 4.69) is 4.90 Å². The first-order valence-corrected chi connectivity index (χ1v) is 10.1. The van der Waals surface area contributed by atoms with E-state index in [1.165, 1.54) is 12.8 Å². The van der Waals surface area contributed by atoms with Crippen LogP contribution < -0.4 is 5.73 Å². The van der Waals surface area contributed by atoms with Crippen LogP contribution in [0.2, 0.25) is 0 Å². The molecule has 1 aromatic carbocycles. The van der Waals surface area contributed by atoms with E-state index in [0.717, 1.165) is 44.6 Å². The molecular formula is C21H34Cl2N4O2. The zero-order chi connectivity index (χ0) is 19.3. The number of carbonyl (C=O) groups is 2. The Morgan fingerprint density at radius 2 is 1.41 bits per heavy atom. The predicted octanol–water partition coefficient (Wildman–Crippen LogP) is 2.25. The van der Waals surface area contributed by atoms with E-state index in [-0.39, 0.29) is 36.6 Å². The molecule has 0 aromatic heterocycles. The molecule has 2 saturated heterocycles. The summed E-state index contributed by atoms with van der Waals surface area (Å²) in [6.45, 7) is 6.68. The van der Waals surface area contributed by atoms with Gasteiger partial charge in [0.15, 0.2) is 0 Å². The molecule has 0 bridgehead atoms. The van der Waals surface area contributed by atoms with Crippen LogP contribution in [0.4, 0.5) is 0 Å². The minimum atomic E-state index is -1.02. The van der Waals surface area contributed by atoms with Gasteiger partial charge < -0.3 is 15.5 Å². The molecule has 1 atom stereocenters. The van der Waals surface area contributed by atoms with E-state index in [4.69, 9.17) is 5.73 Å². The largest absolute Gasteiger partial charge is 0.342 e. The van der Waals surface area contributed by atoms with Crippen LogP contribution in [0.1, 0.15) is 38.2 Å². The quantitative estimate of drug-likeness (QED) is 0.772. The number of nitrogens with two attached hydrogens (primary N) is 1. The van der Waals surface area contributed by atoms with E-state index in [1.807, 2.05) is 40.1 Å². The van der Waals surface area contributed by atoms with Crippen LogP contribution in [0.15, 0.2) is 30.3 Å². The fourth-order valence-electron chi connectivity index (χ4n) is 3.96. The van der Waals surface area contributed by atoms with E-state index >= 15 is 0 Å². The van der Waals surface area contributed by atoms with Crippen molar-refractivity contribution in [2.24, 2.45) is 5.73 Å². The summed E-state index contributed by atoms with van der Waals surface area (Å²) in [5.74, 6) is 0.178. The average molecular weight is 445 g/mol. The Bertz CT molecular complexity index is 641. The average Bonchev–Trinajstić information content (AvgIpc) is 2.98. The summed E-state index contributed by atoms with van der Waals surface area (Å²) in [6.07, 6.45) is 4.68. The maximum Gasteiger partial charge on any atom is 0.247 e. The molecule has 2 aliphatic rings. The molecule has 29 heavy (non-hydrogen) atoms. The lowest BCUT2D eigenvalue weighted by Gasteiger charge is -2.38. The summed E-state index contributed by atoms with van der Waals surface area (Å²) in [5.41, 5.74) is 6.18. The molecule has 2 aliphatic heterocycles. The van der Waals surface area contributed by atoms with Crippen molar-refractivity contribution in [2.75, 3.05) is 45.8 Å². The molecule has 2 fully saturated rings. The molecule has 2 amide bonds. The zero-order valence-corrected chi connectivity index (χ0v) is 18.8. The first-order valence-electron chi connectivity index (χ1n) is 10.1. The van der Waals surface area contributed by atoms with Gasteiger partial charge >= 0.3 is 0 Å². The second-order valence-corrected chi connectivity index (χ2v) is 7.93. The van der Waals surface area contributed by atoms with Crippen molar-refractivity contribution in [3.63, 3.8) is 0 Å². The Labute approximate surface area is 186 Å². The van der Waals surface area contributed by atoms with Crippen molar-refractivity contribution in [2.45, 2.75) is 38.1 Å². The number of likely N-dealkylation sites (tertiary alicyclic amines) is 1. The Morgan fingerprint density at radius 3 is 1.97 bits per heavy atom. The first-order chi connectivity index (χ1) is 13.0. The van der Waals surface area contributed by atoms with Gasteiger partial charge in [-0.25, -0.2) is 0 Å². The normalized spacial score (nSPS) is 19.9. The molecule has 2 N–H and O–H groups in total. The Morgan fingerprint density at radius 1 is 0.862 bits per heavy atom. The lowest BCUT2D eigenvalue weighted by molar-refractivity contribution is -0.139. The summed E-state index contributed by atoms with van der Waals surface area (Å²) in [4.78, 5) is 31.5. The monoisotopic (exact) mass is 444 g/mol. The van der Waals surface area contributed by atoms with Crippen molar-refractivity contribution in [1.82, 2.24) is 14.7 Å². The summed E-state index contributed by atoms with van der Waals surface area (Å²) in [5, 5.41) is 0. The number of carbonyl (C=O) groups excluding carboxylic acids is 2. The second-order valence-electron chi connectivity index (χ2n) is 7.93. The van der Waals surface area contributed by atoms with Gasteiger partial charge in [0.25, 0.3) is 0 Å². The van der Waals surface area contributed by atoms with Crippen molar-refractivity contribution < 1.29 is 9.59 Å². The molecule has 164 valence electrons. The Hall–Kier alpha value is -1.34. The van der Waals surface area contributed by atoms with Crippen LogP contribution in [0.3, 0.4) is 0 Å². The van der Waals surface area contributed by atoms with Gasteiger partial charge in [0, 0.05) is 39.3 Å². The molecular weight excluding hydrogens is 411 g/mol. The van der Waals surface area contributed by atoms with Gasteiger partial charge in [0.1, 0.15) is 5.54 Å². The highest BCUT2D eigenvalue weighted by atomic mass is 35.5. The van der Waals surface area contributed by atoms with Crippen molar-refractivity contribution >= 4 is 36.6 Å². The van der Waals surface area contributed by atoms with E-state index in [9.17, 15) is 9.59 Å². The van der Waals surface area contributed by atoms with Crippen LogP contribution in [0.5, 0.6) is 0 Å². The Balaban J connectivity index is 0.00000210. The SMILES string of the molecule is CC(N)(C(=O)N1CCN(CC(=O)N2CCCCCC2)CC1)c1ccccc1.Cl.Cl. The van der Waals surface area contributed by atoms with Crippen LogP contribution in [-0.4, -0.2) is 72.3 Å². The van der Waals surface area contributed by atoms with E-state index in [1.54, 1.807) is 6.92 Å². The van der Waals surface area contributed by atoms with Gasteiger partial charge in [-0.1, -0.05) is 43.2 Å². The molecule has 0 radical (unpaired) electrons. The molecule has 1 unspecified atom stereocenters. The highest BCUT2D eigenvalue weighted by Crippen LogP contribution is 2.21. The predicted molar refractivity (Wildman–Crippen MR) is 121 cm³/mol. The minimum Gasteiger partial charge on any atom is -0.342 e. The lowest BCUT2D eigenvalue weighted by Crippen LogP contribution is -2.57. The summed E-state index contributed by atoms with van der Waals surface area (Å²) >= 11 is 0. The second kappa shape index (κ2) is 11.7. The standard InChI is InChI=1S/C21H32N4O2.2ClH/c1-21(22,18-9-5-4-6-10-18)20(27)25-15-13-23(14-16-25)17-19(26)24-11-7-2-3-8-12-24;;/h4-6,9-10H,2-3,7-8,11-17,22H2,1H3;2*1H. The third-order valence-corrected chi connectivity index (χ3v) is 5.79. The number of halogens is 2. The van der Waals surface area contributed by atoms with Gasteiger partial charge in [0.05, 0.1) is 6.54 Å². The third-order valence-electron chi connectivity index (χ3n) is 5.79. The molecule has 0 aliphatic carbocycles. The highest BCUT2D eigenvalue weighted by molar-refractivity contribution is 5.87. The van der Waals surface area contributed by atoms with Crippen LogP contribution in [0.25, 0.3) is 0 Å². The van der Waals surface area contributed by atoms with Crippen molar-refractivity contribution in [3.05, 3.63) is 35.9 Å². The Kier molecular flexibility index (Phi) is 10.4. The maximum atomic E-state index is 12.9. The van der Waals surface area contributed by atoms with Gasteiger partial charge in [-0.05, 0) is 25.3 Å². The molecule has 2 heterocycles. The van der Waals surface area contributed by atoms with Gasteiger partial charge in [-0.2, -0.15) is 0 Å². The van der Waals surface area contributed by atoms with Crippen LogP contribution in [-0.2, 0) is 15.1 Å². The van der Waals surface area contributed by atoms with E-state index in [0.29, 0.717) is 19.6 Å². The number of benzene rings is 1. The van der Waals surface area contributed by atoms with Gasteiger partial charge in [-0.3, -0.25) is 14.5 Å². The lowest BCUT2D eigenvalue weighted by atomic mass is 9.91. The molecule has 3 rings (SSSR count). The molecule has 0 saturated carbocycles. The summed E-state index contributed by atoms with van der Waals surface area (Å²) in [7, 11) is 0. The molecule has 1 aromatic rings. The number of hydrogen-bond acceptors (Lipinski definition) is 4. The minimum absolute atomic E-state index is 0. The topological polar surface area (TPSA) is 69.9 Å². The number of rotatable bonds is 4. The maximum absolute atomic E-state index is 12.9. The molecule has 6 nitrogen and oxygen atoms in total. The number of hydrogen-bond donors (Lipinski definition) is 1. The van der Waals surface area contributed by atoms with Crippen molar-refractivity contribution in [3.8, 4) is 0 Å².